The summed E-state index contributed by atoms with van der Waals surface area (Å²) in [6.07, 6.45) is -0.943. The van der Waals surface area contributed by atoms with Gasteiger partial charge < -0.3 is 15.8 Å². The minimum atomic E-state index is -0.943. The second kappa shape index (κ2) is 5.43. The van der Waals surface area contributed by atoms with Gasteiger partial charge in [0, 0.05) is 5.02 Å². The molecule has 0 amide bonds. The van der Waals surface area contributed by atoms with Crippen LogP contribution in [0.3, 0.4) is 0 Å². The molecule has 80 valence electrons. The van der Waals surface area contributed by atoms with Crippen LogP contribution < -0.4 is 5.43 Å². The summed E-state index contributed by atoms with van der Waals surface area (Å²) in [6, 6.07) is 6.87. The largest absolute Gasteiger partial charge is 0.705 e. The van der Waals surface area contributed by atoms with Crippen LogP contribution in [0, 0.1) is 0 Å². The van der Waals surface area contributed by atoms with Crippen LogP contribution in [0.1, 0.15) is 6.92 Å². The van der Waals surface area contributed by atoms with Crippen molar-refractivity contribution in [3.8, 4) is 0 Å². The third-order valence-electron chi connectivity index (χ3n) is 1.60. The molecule has 1 aromatic rings. The Morgan fingerprint density at radius 3 is 2.87 bits per heavy atom. The SMILES string of the molecule is CC(O)/C(N=[N-])=N/Nc1cccc(Cl)c1. The van der Waals surface area contributed by atoms with Crippen LogP contribution in [0.4, 0.5) is 5.69 Å². The van der Waals surface area contributed by atoms with Crippen LogP contribution in [0.15, 0.2) is 34.5 Å². The molecule has 0 heterocycles. The molecule has 0 bridgehead atoms. The molecule has 1 unspecified atom stereocenters. The molecular formula is C9H10ClN4O-. The van der Waals surface area contributed by atoms with Gasteiger partial charge in [-0.05, 0) is 25.1 Å². The molecule has 0 saturated carbocycles. The number of aliphatic hydroxyl groups is 1. The standard InChI is InChI=1S/C9H10ClN4O/c1-6(15)9(12-11)14-13-8-4-2-3-7(10)5-8/h2-6,13,15H,1H3/q-1/b14-9-. The minimum Gasteiger partial charge on any atom is -0.705 e. The lowest BCUT2D eigenvalue weighted by molar-refractivity contribution is 0.260. The number of benzene rings is 1. The van der Waals surface area contributed by atoms with Gasteiger partial charge in [0.2, 0.25) is 0 Å². The highest BCUT2D eigenvalue weighted by Gasteiger charge is 2.01. The zero-order valence-corrected chi connectivity index (χ0v) is 8.81. The first-order valence-corrected chi connectivity index (χ1v) is 4.63. The topological polar surface area (TPSA) is 79.3 Å². The van der Waals surface area contributed by atoms with Crippen molar-refractivity contribution in [2.24, 2.45) is 10.2 Å². The summed E-state index contributed by atoms with van der Waals surface area (Å²) in [4.78, 5) is 0. The van der Waals surface area contributed by atoms with E-state index in [1.165, 1.54) is 6.92 Å². The van der Waals surface area contributed by atoms with Crippen molar-refractivity contribution in [1.29, 1.82) is 0 Å². The molecule has 0 spiro atoms. The Bertz CT molecular complexity index is 378. The van der Waals surface area contributed by atoms with Gasteiger partial charge in [-0.1, -0.05) is 17.7 Å². The number of hydrogen-bond acceptors (Lipinski definition) is 3. The molecule has 0 saturated heterocycles. The van der Waals surface area contributed by atoms with E-state index in [4.69, 9.17) is 22.2 Å². The maximum absolute atomic E-state index is 9.09. The van der Waals surface area contributed by atoms with Gasteiger partial charge in [-0.15, -0.1) is 0 Å². The lowest BCUT2D eigenvalue weighted by Gasteiger charge is -2.07. The Morgan fingerprint density at radius 1 is 1.60 bits per heavy atom. The fraction of sp³-hybridized carbons (Fsp3) is 0.222. The molecule has 0 aliphatic rings. The second-order valence-electron chi connectivity index (χ2n) is 2.87. The molecule has 2 N–H and O–H groups in total. The van der Waals surface area contributed by atoms with E-state index in [2.05, 4.69) is 15.6 Å². The third-order valence-corrected chi connectivity index (χ3v) is 1.84. The first-order valence-electron chi connectivity index (χ1n) is 4.26. The zero-order chi connectivity index (χ0) is 11.3. The summed E-state index contributed by atoms with van der Waals surface area (Å²) < 4.78 is 0. The van der Waals surface area contributed by atoms with Crippen molar-refractivity contribution in [1.82, 2.24) is 0 Å². The number of hydrogen-bond donors (Lipinski definition) is 2. The highest BCUT2D eigenvalue weighted by atomic mass is 35.5. The van der Waals surface area contributed by atoms with Crippen LogP contribution in [0.5, 0.6) is 0 Å². The molecule has 1 atom stereocenters. The summed E-state index contributed by atoms with van der Waals surface area (Å²) in [5, 5.41) is 16.2. The summed E-state index contributed by atoms with van der Waals surface area (Å²) in [5.41, 5.74) is 11.7. The highest BCUT2D eigenvalue weighted by Crippen LogP contribution is 2.14. The van der Waals surface area contributed by atoms with Gasteiger partial charge in [0.1, 0.15) is 6.10 Å². The average molecular weight is 226 g/mol. The summed E-state index contributed by atoms with van der Waals surface area (Å²) in [6.45, 7) is 1.44. The van der Waals surface area contributed by atoms with Crippen LogP contribution in [0.25, 0.3) is 5.53 Å². The molecular weight excluding hydrogens is 216 g/mol. The van der Waals surface area contributed by atoms with E-state index < -0.39 is 6.10 Å². The molecule has 1 rings (SSSR count). The third kappa shape index (κ3) is 3.65. The van der Waals surface area contributed by atoms with Crippen LogP contribution in [-0.4, -0.2) is 17.0 Å². The molecule has 0 aliphatic carbocycles. The molecule has 6 heteroatoms. The Morgan fingerprint density at radius 2 is 2.33 bits per heavy atom. The van der Waals surface area contributed by atoms with Crippen molar-refractivity contribution in [2.75, 3.05) is 5.43 Å². The number of rotatable bonds is 3. The molecule has 0 aromatic heterocycles. The number of hydrazone groups is 1. The molecule has 15 heavy (non-hydrogen) atoms. The lowest BCUT2D eigenvalue weighted by atomic mass is 10.3. The van der Waals surface area contributed by atoms with E-state index in [1.54, 1.807) is 24.3 Å². The molecule has 5 nitrogen and oxygen atoms in total. The Labute approximate surface area is 92.3 Å². The van der Waals surface area contributed by atoms with E-state index in [0.717, 1.165) is 0 Å². The molecule has 0 fully saturated rings. The first-order chi connectivity index (χ1) is 7.13. The number of halogens is 1. The summed E-state index contributed by atoms with van der Waals surface area (Å²) >= 11 is 5.75. The Kier molecular flexibility index (Phi) is 4.20. The smallest absolute Gasteiger partial charge is 0.156 e. The number of amidine groups is 1. The molecule has 1 aromatic carbocycles. The maximum atomic E-state index is 9.09. The van der Waals surface area contributed by atoms with Crippen molar-refractivity contribution < 1.29 is 5.11 Å². The van der Waals surface area contributed by atoms with E-state index in [1.807, 2.05) is 0 Å². The van der Waals surface area contributed by atoms with Crippen molar-refractivity contribution in [3.05, 3.63) is 34.8 Å². The maximum Gasteiger partial charge on any atom is 0.156 e. The molecule has 0 radical (unpaired) electrons. The Balaban J connectivity index is 2.74. The van der Waals surface area contributed by atoms with Gasteiger partial charge >= 0.3 is 0 Å². The predicted molar refractivity (Wildman–Crippen MR) is 60.0 cm³/mol. The van der Waals surface area contributed by atoms with Crippen LogP contribution in [-0.2, 0) is 0 Å². The van der Waals surface area contributed by atoms with Crippen molar-refractivity contribution >= 4 is 23.1 Å². The summed E-state index contributed by atoms with van der Waals surface area (Å²) in [7, 11) is 0. The van der Waals surface area contributed by atoms with E-state index in [9.17, 15) is 0 Å². The van der Waals surface area contributed by atoms with Crippen molar-refractivity contribution in [2.45, 2.75) is 13.0 Å². The number of aliphatic hydroxyl groups excluding tert-OH is 1. The van der Waals surface area contributed by atoms with Gasteiger partial charge in [0.05, 0.1) is 5.69 Å². The van der Waals surface area contributed by atoms with Gasteiger partial charge in [0.25, 0.3) is 0 Å². The van der Waals surface area contributed by atoms with E-state index in [0.29, 0.717) is 10.7 Å². The highest BCUT2D eigenvalue weighted by molar-refractivity contribution is 6.30. The first kappa shape index (κ1) is 11.6. The number of anilines is 1. The number of nitrogens with zero attached hydrogens (tertiary/aromatic N) is 3. The summed E-state index contributed by atoms with van der Waals surface area (Å²) in [5.74, 6) is -0.102. The van der Waals surface area contributed by atoms with E-state index >= 15 is 0 Å². The molecule has 0 aliphatic heterocycles. The Hall–Kier alpha value is -1.46. The van der Waals surface area contributed by atoms with E-state index in [-0.39, 0.29) is 5.84 Å². The van der Waals surface area contributed by atoms with Gasteiger partial charge in [-0.25, -0.2) is 0 Å². The fourth-order valence-corrected chi connectivity index (χ4v) is 1.07. The van der Waals surface area contributed by atoms with Crippen LogP contribution >= 0.6 is 11.6 Å². The minimum absolute atomic E-state index is 0.102. The average Bonchev–Trinajstić information content (AvgIpc) is 2.18. The number of nitrogens with one attached hydrogen (secondary N) is 1. The van der Waals surface area contributed by atoms with Gasteiger partial charge in [-0.3, -0.25) is 5.43 Å². The second-order valence-corrected chi connectivity index (χ2v) is 3.30. The lowest BCUT2D eigenvalue weighted by Crippen LogP contribution is -2.14. The van der Waals surface area contributed by atoms with Gasteiger partial charge in [0.15, 0.2) is 5.84 Å². The monoisotopic (exact) mass is 225 g/mol. The predicted octanol–water partition coefficient (Wildman–Crippen LogP) is 2.47. The van der Waals surface area contributed by atoms with Crippen LogP contribution in [0.2, 0.25) is 5.02 Å². The fourth-order valence-electron chi connectivity index (χ4n) is 0.879. The zero-order valence-electron chi connectivity index (χ0n) is 8.05. The van der Waals surface area contributed by atoms with Gasteiger partial charge in [-0.2, -0.15) is 5.10 Å². The normalized spacial score (nSPS) is 13.4. The quantitative estimate of drug-likeness (QED) is 0.359. The van der Waals surface area contributed by atoms with Crippen molar-refractivity contribution in [3.63, 3.8) is 0 Å².